The van der Waals surface area contributed by atoms with Crippen LogP contribution in [-0.4, -0.2) is 19.5 Å². The molecule has 0 heterocycles. The summed E-state index contributed by atoms with van der Waals surface area (Å²) in [6, 6.07) is 32.2. The summed E-state index contributed by atoms with van der Waals surface area (Å²) in [5.41, 5.74) is -0.144. The number of carbonyl (C=O) groups is 1. The number of aliphatic hydroxyl groups is 1. The van der Waals surface area contributed by atoms with Crippen molar-refractivity contribution >= 4 is 37.6 Å². The summed E-state index contributed by atoms with van der Waals surface area (Å²) >= 11 is 3.16. The normalized spacial score (nSPS) is 11.3. The molecule has 5 aromatic carbocycles. The maximum absolute atomic E-state index is 13.2. The molecule has 0 bridgehead atoms. The minimum Gasteiger partial charge on any atom is -0.545 e. The average Bonchev–Trinajstić information content (AvgIpc) is 3.02. The van der Waals surface area contributed by atoms with Gasteiger partial charge in [-0.15, -0.1) is 0 Å². The van der Waals surface area contributed by atoms with E-state index in [1.54, 1.807) is 0 Å². The molecular formula is C33H24BrF3NO6S-. The molecular weight excluding hydrogens is 675 g/mol. The lowest BCUT2D eigenvalue weighted by atomic mass is 10.0. The zero-order chi connectivity index (χ0) is 32.6. The molecule has 45 heavy (non-hydrogen) atoms. The fourth-order valence-corrected chi connectivity index (χ4v) is 5.32. The lowest BCUT2D eigenvalue weighted by Gasteiger charge is -2.17. The van der Waals surface area contributed by atoms with Crippen molar-refractivity contribution in [1.29, 1.82) is 0 Å². The average molecular weight is 700 g/mol. The van der Waals surface area contributed by atoms with Gasteiger partial charge in [0.05, 0.1) is 22.1 Å². The molecule has 0 saturated carbocycles. The van der Waals surface area contributed by atoms with Crippen molar-refractivity contribution in [3.05, 3.63) is 154 Å². The Kier molecular flexibility index (Phi) is 10.7. The number of sulfonamides is 1. The standard InChI is InChI=1S/C20H13BrF3NO5S.C13H12O/c21-13-6-8-14(9-7-13)31(28,29)25-16-11-12(20(22,23)24)5-10-18(16)30-17-4-2-1-3-15(17)19(26)27;14-13(11-7-3-1-4-8-11)12-9-5-2-6-10-12/h1-11,25H,(H,26,27);1-10,13-14H/p-1. The van der Waals surface area contributed by atoms with E-state index in [1.165, 1.54) is 48.5 Å². The third-order valence-electron chi connectivity index (χ3n) is 6.23. The molecule has 0 fully saturated rings. The Bertz CT molecular complexity index is 1810. The summed E-state index contributed by atoms with van der Waals surface area (Å²) in [5.74, 6) is -2.13. The first-order chi connectivity index (χ1) is 21.3. The summed E-state index contributed by atoms with van der Waals surface area (Å²) < 4.78 is 73.1. The molecule has 0 unspecified atom stereocenters. The second-order valence-corrected chi connectivity index (χ2v) is 12.0. The van der Waals surface area contributed by atoms with E-state index in [-0.39, 0.29) is 22.0 Å². The number of benzene rings is 5. The third-order valence-corrected chi connectivity index (χ3v) is 8.14. The third kappa shape index (κ3) is 8.94. The number of aromatic carboxylic acids is 1. The van der Waals surface area contributed by atoms with E-state index in [9.17, 15) is 36.6 Å². The van der Waals surface area contributed by atoms with Crippen molar-refractivity contribution in [1.82, 2.24) is 0 Å². The quantitative estimate of drug-likeness (QED) is 0.177. The van der Waals surface area contributed by atoms with Crippen molar-refractivity contribution in [2.45, 2.75) is 17.2 Å². The summed E-state index contributed by atoms with van der Waals surface area (Å²) in [7, 11) is -4.28. The van der Waals surface area contributed by atoms with Gasteiger partial charge in [0.2, 0.25) is 0 Å². The number of nitrogens with one attached hydrogen (secondary N) is 1. The van der Waals surface area contributed by atoms with E-state index in [1.807, 2.05) is 60.7 Å². The number of aliphatic hydroxyl groups excluding tert-OH is 1. The highest BCUT2D eigenvalue weighted by atomic mass is 79.9. The minimum absolute atomic E-state index is 0.200. The fraction of sp³-hybridized carbons (Fsp3) is 0.0606. The summed E-state index contributed by atoms with van der Waals surface area (Å²) in [6.07, 6.45) is -5.27. The van der Waals surface area contributed by atoms with E-state index < -0.39 is 39.5 Å². The van der Waals surface area contributed by atoms with E-state index in [2.05, 4.69) is 20.7 Å². The number of hydrogen-bond donors (Lipinski definition) is 2. The van der Waals surface area contributed by atoms with Crippen molar-refractivity contribution in [2.75, 3.05) is 4.72 Å². The van der Waals surface area contributed by atoms with Crippen molar-refractivity contribution in [3.8, 4) is 11.5 Å². The van der Waals surface area contributed by atoms with Crippen molar-refractivity contribution in [2.24, 2.45) is 0 Å². The molecule has 5 rings (SSSR count). The number of anilines is 1. The van der Waals surface area contributed by atoms with Gasteiger partial charge in [-0.3, -0.25) is 4.72 Å². The first-order valence-corrected chi connectivity index (χ1v) is 15.4. The van der Waals surface area contributed by atoms with Crippen LogP contribution in [0.3, 0.4) is 0 Å². The van der Waals surface area contributed by atoms with Crippen LogP contribution in [0.5, 0.6) is 11.5 Å². The van der Waals surface area contributed by atoms with Crippen LogP contribution in [0, 0.1) is 0 Å². The Morgan fingerprint density at radius 2 is 1.31 bits per heavy atom. The second kappa shape index (κ2) is 14.4. The van der Waals surface area contributed by atoms with Crippen molar-refractivity contribution in [3.63, 3.8) is 0 Å². The van der Waals surface area contributed by atoms with Gasteiger partial charge in [0.15, 0.2) is 5.75 Å². The van der Waals surface area contributed by atoms with Crippen LogP contribution in [0.15, 0.2) is 137 Å². The SMILES string of the molecule is O=C([O-])c1ccccc1Oc1ccc(C(F)(F)F)cc1NS(=O)(=O)c1ccc(Br)cc1.OC(c1ccccc1)c1ccccc1. The summed E-state index contributed by atoms with van der Waals surface area (Å²) in [6.45, 7) is 0. The number of carboxylic acids is 1. The first kappa shape index (κ1) is 33.2. The Morgan fingerprint density at radius 1 is 0.778 bits per heavy atom. The number of para-hydroxylation sites is 1. The lowest BCUT2D eigenvalue weighted by Crippen LogP contribution is -2.22. The number of alkyl halides is 3. The number of carboxylic acid groups (broad SMARTS) is 1. The molecule has 0 aliphatic rings. The van der Waals surface area contributed by atoms with Crippen LogP contribution in [0.4, 0.5) is 18.9 Å². The largest absolute Gasteiger partial charge is 0.545 e. The Hall–Kier alpha value is -4.65. The van der Waals surface area contributed by atoms with Gasteiger partial charge in [0.1, 0.15) is 11.9 Å². The van der Waals surface area contributed by atoms with Crippen LogP contribution >= 0.6 is 15.9 Å². The van der Waals surface area contributed by atoms with E-state index in [0.717, 1.165) is 17.2 Å². The van der Waals surface area contributed by atoms with Gasteiger partial charge in [-0.2, -0.15) is 13.2 Å². The topological polar surface area (TPSA) is 116 Å². The van der Waals surface area contributed by atoms with Crippen LogP contribution in [-0.2, 0) is 16.2 Å². The molecule has 12 heteroatoms. The fourth-order valence-electron chi connectivity index (χ4n) is 4.00. The van der Waals surface area contributed by atoms with E-state index >= 15 is 0 Å². The number of carbonyl (C=O) groups excluding carboxylic acids is 1. The van der Waals surface area contributed by atoms with Gasteiger partial charge >= 0.3 is 6.18 Å². The molecule has 232 valence electrons. The highest BCUT2D eigenvalue weighted by Crippen LogP contribution is 2.38. The molecule has 0 aromatic heterocycles. The predicted octanol–water partition coefficient (Wildman–Crippen LogP) is 7.19. The van der Waals surface area contributed by atoms with Gasteiger partial charge in [-0.1, -0.05) is 88.7 Å². The van der Waals surface area contributed by atoms with Gasteiger partial charge in [0, 0.05) is 10.0 Å². The van der Waals surface area contributed by atoms with Crippen molar-refractivity contribution < 1.29 is 41.3 Å². The van der Waals surface area contributed by atoms with Gasteiger partial charge in [-0.05, 0) is 65.7 Å². The lowest BCUT2D eigenvalue weighted by molar-refractivity contribution is -0.255. The minimum atomic E-state index is -4.75. The predicted molar refractivity (Wildman–Crippen MR) is 164 cm³/mol. The smallest absolute Gasteiger partial charge is 0.416 e. The Balaban J connectivity index is 0.000000273. The molecule has 2 N–H and O–H groups in total. The number of halogens is 4. The molecule has 0 saturated heterocycles. The zero-order valence-corrected chi connectivity index (χ0v) is 25.5. The van der Waals surface area contributed by atoms with Crippen LogP contribution < -0.4 is 14.6 Å². The molecule has 5 aromatic rings. The molecule has 0 amide bonds. The van der Waals surface area contributed by atoms with Crippen LogP contribution in [0.2, 0.25) is 0 Å². The molecule has 0 radical (unpaired) electrons. The molecule has 7 nitrogen and oxygen atoms in total. The second-order valence-electron chi connectivity index (χ2n) is 9.38. The van der Waals surface area contributed by atoms with Gasteiger partial charge in [-0.25, -0.2) is 8.42 Å². The van der Waals surface area contributed by atoms with E-state index in [0.29, 0.717) is 16.6 Å². The van der Waals surface area contributed by atoms with E-state index in [4.69, 9.17) is 4.74 Å². The Morgan fingerprint density at radius 3 is 1.84 bits per heavy atom. The van der Waals surface area contributed by atoms with Gasteiger partial charge in [0.25, 0.3) is 10.0 Å². The van der Waals surface area contributed by atoms with Crippen LogP contribution in [0.25, 0.3) is 0 Å². The molecule has 0 aliphatic carbocycles. The number of ether oxygens (including phenoxy) is 1. The first-order valence-electron chi connectivity index (χ1n) is 13.1. The van der Waals surface area contributed by atoms with Crippen LogP contribution in [0.1, 0.15) is 33.2 Å². The molecule has 0 spiro atoms. The summed E-state index contributed by atoms with van der Waals surface area (Å²) in [5, 5.41) is 21.3. The molecule has 0 aliphatic heterocycles. The zero-order valence-electron chi connectivity index (χ0n) is 23.1. The monoisotopic (exact) mass is 698 g/mol. The number of rotatable bonds is 8. The maximum atomic E-state index is 13.2. The molecule has 0 atom stereocenters. The van der Waals surface area contributed by atoms with Gasteiger partial charge < -0.3 is 19.7 Å². The highest BCUT2D eigenvalue weighted by molar-refractivity contribution is 9.10. The summed E-state index contributed by atoms with van der Waals surface area (Å²) in [4.78, 5) is 11.1. The maximum Gasteiger partial charge on any atom is 0.416 e. The Labute approximate surface area is 265 Å². The number of hydrogen-bond acceptors (Lipinski definition) is 6. The highest BCUT2D eigenvalue weighted by Gasteiger charge is 2.32.